The number of carbonyl (C=O) groups is 2. The van der Waals surface area contributed by atoms with Gasteiger partial charge in [-0.25, -0.2) is 27.7 Å². The van der Waals surface area contributed by atoms with E-state index in [0.717, 1.165) is 51.3 Å². The van der Waals surface area contributed by atoms with Crippen LogP contribution in [0, 0.1) is 0 Å². The van der Waals surface area contributed by atoms with Gasteiger partial charge in [-0.2, -0.15) is 0 Å². The van der Waals surface area contributed by atoms with Crippen LogP contribution in [0.25, 0.3) is 27.0 Å². The predicted octanol–water partition coefficient (Wildman–Crippen LogP) is 5.47. The zero-order valence-electron chi connectivity index (χ0n) is 24.2. The Morgan fingerprint density at radius 3 is 2.51 bits per heavy atom. The summed E-state index contributed by atoms with van der Waals surface area (Å²) in [5.74, 6) is 0. The molecule has 4 rings (SSSR count). The van der Waals surface area contributed by atoms with E-state index in [1.807, 2.05) is 39.1 Å². The molecule has 0 unspecified atom stereocenters. The predicted molar refractivity (Wildman–Crippen MR) is 159 cm³/mol. The summed E-state index contributed by atoms with van der Waals surface area (Å²) in [5, 5.41) is 3.38. The molecule has 3 aromatic rings. The number of hydrogen-bond acceptors (Lipinski definition) is 8. The lowest BCUT2D eigenvalue weighted by atomic mass is 10.0. The molecule has 0 bridgehead atoms. The number of ether oxygens (including phenoxy) is 2. The fraction of sp³-hybridized carbons (Fsp3) is 0.464. The highest BCUT2D eigenvalue weighted by molar-refractivity contribution is 7.91. The van der Waals surface area contributed by atoms with E-state index in [2.05, 4.69) is 20.0 Å². The van der Waals surface area contributed by atoms with Crippen molar-refractivity contribution < 1.29 is 27.5 Å². The maximum atomic E-state index is 12.9. The van der Waals surface area contributed by atoms with Crippen molar-refractivity contribution in [3.05, 3.63) is 42.4 Å². The average Bonchev–Trinajstić information content (AvgIpc) is 3.53. The van der Waals surface area contributed by atoms with Crippen LogP contribution in [0.1, 0.15) is 60.1 Å². The standard InChI is InChI=1S/C28H37N5O6S2/c1-27(2,3)38-25(34)30-13-14-31-41(36,37)23-10-9-22(40-23)19-11-12-29-24-20(19)16-21(32-24)18-8-7-15-33(17-18)26(35)39-28(4,5)6/h9-12,16-17,31H,7-8,13-15H2,1-6H3,(H,29,32)(H,30,34). The molecule has 0 radical (unpaired) electrons. The lowest BCUT2D eigenvalue weighted by molar-refractivity contribution is 0.0328. The third-order valence-electron chi connectivity index (χ3n) is 5.86. The summed E-state index contributed by atoms with van der Waals surface area (Å²) < 4.78 is 39.1. The van der Waals surface area contributed by atoms with Gasteiger partial charge in [0.1, 0.15) is 21.1 Å². The summed E-state index contributed by atoms with van der Waals surface area (Å²) in [7, 11) is -3.78. The molecule has 1 aliphatic heterocycles. The van der Waals surface area contributed by atoms with E-state index in [1.165, 1.54) is 0 Å². The minimum absolute atomic E-state index is 0.0188. The molecule has 13 heteroatoms. The molecule has 0 saturated heterocycles. The fourth-order valence-corrected chi connectivity index (χ4v) is 6.61. The Morgan fingerprint density at radius 1 is 1.07 bits per heavy atom. The van der Waals surface area contributed by atoms with Crippen LogP contribution in [-0.4, -0.2) is 66.3 Å². The highest BCUT2D eigenvalue weighted by Gasteiger charge is 2.25. The average molecular weight is 604 g/mol. The van der Waals surface area contributed by atoms with Crippen molar-refractivity contribution in [2.75, 3.05) is 19.6 Å². The maximum absolute atomic E-state index is 12.9. The Labute approximate surface area is 244 Å². The van der Waals surface area contributed by atoms with Gasteiger partial charge in [0.15, 0.2) is 0 Å². The Balaban J connectivity index is 1.48. The first-order valence-corrected chi connectivity index (χ1v) is 15.7. The molecule has 222 valence electrons. The molecule has 3 aromatic heterocycles. The number of nitrogens with zero attached hydrogens (tertiary/aromatic N) is 2. The summed E-state index contributed by atoms with van der Waals surface area (Å²) in [6, 6.07) is 7.16. The highest BCUT2D eigenvalue weighted by atomic mass is 32.2. The number of aromatic nitrogens is 2. The summed E-state index contributed by atoms with van der Waals surface area (Å²) in [6.07, 6.45) is 4.09. The van der Waals surface area contributed by atoms with Gasteiger partial charge in [-0.15, -0.1) is 11.3 Å². The number of H-pyrrole nitrogens is 1. The van der Waals surface area contributed by atoms with Crippen molar-refractivity contribution in [3.63, 3.8) is 0 Å². The molecule has 41 heavy (non-hydrogen) atoms. The number of pyridine rings is 1. The molecule has 0 atom stereocenters. The molecule has 11 nitrogen and oxygen atoms in total. The van der Waals surface area contributed by atoms with Crippen LogP contribution in [0.4, 0.5) is 9.59 Å². The molecule has 1 aliphatic rings. The minimum atomic E-state index is -3.78. The second kappa shape index (κ2) is 11.8. The van der Waals surface area contributed by atoms with E-state index in [1.54, 1.807) is 44.0 Å². The molecular formula is C28H37N5O6S2. The summed E-state index contributed by atoms with van der Waals surface area (Å²) >= 11 is 1.15. The largest absolute Gasteiger partial charge is 0.444 e. The second-order valence-electron chi connectivity index (χ2n) is 11.7. The van der Waals surface area contributed by atoms with Gasteiger partial charge in [-0.1, -0.05) is 0 Å². The van der Waals surface area contributed by atoms with Gasteiger partial charge >= 0.3 is 12.2 Å². The SMILES string of the molecule is CC(C)(C)OC(=O)NCCNS(=O)(=O)c1ccc(-c2ccnc3[nH]c(C4=CN(C(=O)OC(C)(C)C)CCC4)cc23)s1. The number of alkyl carbamates (subject to hydrolysis) is 1. The van der Waals surface area contributed by atoms with E-state index in [-0.39, 0.29) is 23.4 Å². The number of nitrogens with one attached hydrogen (secondary N) is 3. The number of allylic oxidation sites excluding steroid dienone is 1. The van der Waals surface area contributed by atoms with E-state index in [4.69, 9.17) is 9.47 Å². The highest BCUT2D eigenvalue weighted by Crippen LogP contribution is 2.36. The Hall–Kier alpha value is -3.42. The van der Waals surface area contributed by atoms with Crippen molar-refractivity contribution >= 4 is 50.2 Å². The molecule has 0 spiro atoms. The first-order valence-electron chi connectivity index (χ1n) is 13.4. The van der Waals surface area contributed by atoms with Gasteiger partial charge < -0.3 is 19.8 Å². The van der Waals surface area contributed by atoms with Gasteiger partial charge in [0, 0.05) is 53.6 Å². The van der Waals surface area contributed by atoms with Gasteiger partial charge in [0.2, 0.25) is 10.0 Å². The Bertz CT molecular complexity index is 1560. The van der Waals surface area contributed by atoms with Crippen LogP contribution in [0.3, 0.4) is 0 Å². The topological polar surface area (TPSA) is 143 Å². The van der Waals surface area contributed by atoms with Crippen LogP contribution in [0.5, 0.6) is 0 Å². The normalized spacial score (nSPS) is 14.6. The lowest BCUT2D eigenvalue weighted by Gasteiger charge is -2.28. The first kappa shape index (κ1) is 30.5. The third kappa shape index (κ3) is 8.08. The Morgan fingerprint density at radius 2 is 1.80 bits per heavy atom. The molecule has 0 fully saturated rings. The van der Waals surface area contributed by atoms with Crippen molar-refractivity contribution in [2.24, 2.45) is 0 Å². The minimum Gasteiger partial charge on any atom is -0.444 e. The first-order chi connectivity index (χ1) is 19.1. The van der Waals surface area contributed by atoms with E-state index in [9.17, 15) is 18.0 Å². The molecule has 4 heterocycles. The van der Waals surface area contributed by atoms with Crippen LogP contribution in [0.15, 0.2) is 40.9 Å². The molecular weight excluding hydrogens is 566 g/mol. The van der Waals surface area contributed by atoms with Gasteiger partial charge in [0.25, 0.3) is 0 Å². The molecule has 2 amide bonds. The fourth-order valence-electron chi connectivity index (χ4n) is 4.19. The van der Waals surface area contributed by atoms with Crippen LogP contribution >= 0.6 is 11.3 Å². The van der Waals surface area contributed by atoms with Gasteiger partial charge in [-0.3, -0.25) is 4.90 Å². The van der Waals surface area contributed by atoms with Crippen LogP contribution < -0.4 is 10.0 Å². The van der Waals surface area contributed by atoms with Gasteiger partial charge in [0.05, 0.1) is 0 Å². The van der Waals surface area contributed by atoms with Crippen molar-refractivity contribution in [3.8, 4) is 10.4 Å². The molecule has 0 saturated carbocycles. The number of aromatic amines is 1. The number of thiophene rings is 1. The summed E-state index contributed by atoms with van der Waals surface area (Å²) in [4.78, 5) is 34.6. The van der Waals surface area contributed by atoms with Crippen molar-refractivity contribution in [1.82, 2.24) is 24.9 Å². The number of rotatable bonds is 7. The number of hydrogen-bond donors (Lipinski definition) is 3. The molecule has 3 N–H and O–H groups in total. The number of sulfonamides is 1. The summed E-state index contributed by atoms with van der Waals surface area (Å²) in [6.45, 7) is 11.5. The summed E-state index contributed by atoms with van der Waals surface area (Å²) in [5.41, 5.74) is 2.10. The zero-order chi connectivity index (χ0) is 30.0. The maximum Gasteiger partial charge on any atom is 0.414 e. The Kier molecular flexibility index (Phi) is 8.81. The quantitative estimate of drug-likeness (QED) is 0.304. The molecule has 0 aromatic carbocycles. The smallest absolute Gasteiger partial charge is 0.414 e. The number of amides is 2. The molecule has 0 aliphatic carbocycles. The van der Waals surface area contributed by atoms with Crippen molar-refractivity contribution in [1.29, 1.82) is 0 Å². The number of fused-ring (bicyclic) bond motifs is 1. The number of carbonyl (C=O) groups excluding carboxylic acids is 2. The monoisotopic (exact) mass is 603 g/mol. The second-order valence-corrected chi connectivity index (χ2v) is 14.8. The van der Waals surface area contributed by atoms with Crippen LogP contribution in [0.2, 0.25) is 0 Å². The lowest BCUT2D eigenvalue weighted by Crippen LogP contribution is -2.37. The zero-order valence-corrected chi connectivity index (χ0v) is 25.8. The van der Waals surface area contributed by atoms with Gasteiger partial charge in [-0.05, 0) is 84.2 Å². The van der Waals surface area contributed by atoms with Crippen LogP contribution in [-0.2, 0) is 19.5 Å². The van der Waals surface area contributed by atoms with E-state index < -0.39 is 27.3 Å². The van der Waals surface area contributed by atoms with E-state index in [0.29, 0.717) is 12.2 Å². The third-order valence-corrected chi connectivity index (χ3v) is 8.93. The van der Waals surface area contributed by atoms with Crippen molar-refractivity contribution in [2.45, 2.75) is 69.8 Å². The van der Waals surface area contributed by atoms with E-state index >= 15 is 0 Å².